The van der Waals surface area contributed by atoms with Gasteiger partial charge in [-0.1, -0.05) is 6.07 Å². The molecular weight excluding hydrogens is 240 g/mol. The van der Waals surface area contributed by atoms with Gasteiger partial charge in [0.1, 0.15) is 11.8 Å². The minimum Gasteiger partial charge on any atom is -0.495 e. The lowest BCUT2D eigenvalue weighted by molar-refractivity contribution is 0.249. The van der Waals surface area contributed by atoms with Gasteiger partial charge in [-0.15, -0.1) is 0 Å². The average Bonchev–Trinajstić information content (AvgIpc) is 2.86. The zero-order valence-electron chi connectivity index (χ0n) is 11.3. The summed E-state index contributed by atoms with van der Waals surface area (Å²) in [6, 6.07) is 7.87. The van der Waals surface area contributed by atoms with Crippen LogP contribution in [0.1, 0.15) is 24.0 Å². The van der Waals surface area contributed by atoms with Gasteiger partial charge in [0.25, 0.3) is 0 Å². The maximum absolute atomic E-state index is 8.96. The van der Waals surface area contributed by atoms with Crippen molar-refractivity contribution in [2.75, 3.05) is 26.8 Å². The molecule has 19 heavy (non-hydrogen) atoms. The van der Waals surface area contributed by atoms with Crippen molar-refractivity contribution in [3.8, 4) is 11.8 Å². The van der Waals surface area contributed by atoms with E-state index in [1.54, 1.807) is 7.11 Å². The molecule has 1 fully saturated rings. The smallest absolute Gasteiger partial charge is 0.136 e. The van der Waals surface area contributed by atoms with Gasteiger partial charge in [0.2, 0.25) is 0 Å². The third kappa shape index (κ3) is 3.46. The van der Waals surface area contributed by atoms with Crippen LogP contribution in [0.2, 0.25) is 0 Å². The van der Waals surface area contributed by atoms with Gasteiger partial charge >= 0.3 is 0 Å². The molecule has 102 valence electrons. The molecule has 1 atom stereocenters. The number of hydrogen-bond donors (Lipinski definition) is 1. The highest BCUT2D eigenvalue weighted by Crippen LogP contribution is 2.24. The van der Waals surface area contributed by atoms with Gasteiger partial charge in [-0.2, -0.15) is 5.26 Å². The third-order valence-electron chi connectivity index (χ3n) is 3.70. The largest absolute Gasteiger partial charge is 0.495 e. The molecular formula is C15H20N2O2. The number of aliphatic hydroxyl groups is 1. The first-order chi connectivity index (χ1) is 9.26. The summed E-state index contributed by atoms with van der Waals surface area (Å²) in [5.41, 5.74) is 1.74. The molecule has 1 aliphatic heterocycles. The molecule has 1 heterocycles. The molecule has 0 radical (unpaired) electrons. The second kappa shape index (κ2) is 6.55. The summed E-state index contributed by atoms with van der Waals surface area (Å²) in [6.07, 6.45) is 2.06. The fourth-order valence-corrected chi connectivity index (χ4v) is 2.66. The van der Waals surface area contributed by atoms with Crippen molar-refractivity contribution >= 4 is 0 Å². The third-order valence-corrected chi connectivity index (χ3v) is 3.70. The molecule has 4 nitrogen and oxygen atoms in total. The van der Waals surface area contributed by atoms with Crippen LogP contribution in [0.15, 0.2) is 18.2 Å². The summed E-state index contributed by atoms with van der Waals surface area (Å²) in [7, 11) is 1.59. The predicted molar refractivity (Wildman–Crippen MR) is 72.8 cm³/mol. The minimum atomic E-state index is 0.281. The SMILES string of the molecule is COc1cc(CN2CCC(CCO)C2)ccc1C#N. The van der Waals surface area contributed by atoms with E-state index in [1.165, 1.54) is 5.56 Å². The summed E-state index contributed by atoms with van der Waals surface area (Å²) in [5, 5.41) is 17.9. The van der Waals surface area contributed by atoms with E-state index in [0.29, 0.717) is 17.2 Å². The van der Waals surface area contributed by atoms with Crippen LogP contribution in [-0.4, -0.2) is 36.8 Å². The second-order valence-corrected chi connectivity index (χ2v) is 5.05. The normalized spacial score (nSPS) is 19.3. The lowest BCUT2D eigenvalue weighted by Gasteiger charge is -2.16. The molecule has 0 aliphatic carbocycles. The van der Waals surface area contributed by atoms with Crippen molar-refractivity contribution in [3.05, 3.63) is 29.3 Å². The van der Waals surface area contributed by atoms with Gasteiger partial charge in [-0.25, -0.2) is 0 Å². The van der Waals surface area contributed by atoms with E-state index >= 15 is 0 Å². The van der Waals surface area contributed by atoms with E-state index in [1.807, 2.05) is 18.2 Å². The Morgan fingerprint density at radius 1 is 1.53 bits per heavy atom. The van der Waals surface area contributed by atoms with Crippen LogP contribution >= 0.6 is 0 Å². The Morgan fingerprint density at radius 2 is 2.37 bits per heavy atom. The number of methoxy groups -OCH3 is 1. The number of nitriles is 1. The summed E-state index contributed by atoms with van der Waals surface area (Å²) in [4.78, 5) is 2.39. The summed E-state index contributed by atoms with van der Waals surface area (Å²) >= 11 is 0. The Kier molecular flexibility index (Phi) is 4.78. The second-order valence-electron chi connectivity index (χ2n) is 5.05. The van der Waals surface area contributed by atoms with Crippen molar-refractivity contribution in [2.24, 2.45) is 5.92 Å². The zero-order valence-corrected chi connectivity index (χ0v) is 11.3. The quantitative estimate of drug-likeness (QED) is 0.876. The lowest BCUT2D eigenvalue weighted by atomic mass is 10.1. The molecule has 2 rings (SSSR count). The first-order valence-corrected chi connectivity index (χ1v) is 6.67. The fraction of sp³-hybridized carbons (Fsp3) is 0.533. The van der Waals surface area contributed by atoms with E-state index in [-0.39, 0.29) is 6.61 Å². The van der Waals surface area contributed by atoms with Crippen molar-refractivity contribution in [2.45, 2.75) is 19.4 Å². The van der Waals surface area contributed by atoms with E-state index in [2.05, 4.69) is 11.0 Å². The Balaban J connectivity index is 1.99. The number of rotatable bonds is 5. The lowest BCUT2D eigenvalue weighted by Crippen LogP contribution is -2.20. The summed E-state index contributed by atoms with van der Waals surface area (Å²) in [6.45, 7) is 3.28. The van der Waals surface area contributed by atoms with Crippen molar-refractivity contribution in [1.82, 2.24) is 4.90 Å². The molecule has 0 saturated carbocycles. The topological polar surface area (TPSA) is 56.5 Å². The van der Waals surface area contributed by atoms with E-state index in [4.69, 9.17) is 15.1 Å². The molecule has 0 spiro atoms. The first kappa shape index (κ1) is 13.9. The number of ether oxygens (including phenoxy) is 1. The van der Waals surface area contributed by atoms with Gasteiger partial charge < -0.3 is 9.84 Å². The maximum atomic E-state index is 8.96. The number of benzene rings is 1. The standard InChI is InChI=1S/C15H20N2O2/c1-19-15-8-13(2-3-14(15)9-16)11-17-6-4-12(10-17)5-7-18/h2-3,8,12,18H,4-7,10-11H2,1H3. The molecule has 1 N–H and O–H groups in total. The van der Waals surface area contributed by atoms with Gasteiger partial charge in [-0.05, 0) is 43.0 Å². The number of nitrogens with zero attached hydrogens (tertiary/aromatic N) is 2. The number of aliphatic hydroxyl groups excluding tert-OH is 1. The van der Waals surface area contributed by atoms with Crippen molar-refractivity contribution in [1.29, 1.82) is 5.26 Å². The van der Waals surface area contributed by atoms with Crippen molar-refractivity contribution in [3.63, 3.8) is 0 Å². The van der Waals surface area contributed by atoms with Gasteiger partial charge in [0, 0.05) is 19.7 Å². The maximum Gasteiger partial charge on any atom is 0.136 e. The molecule has 4 heteroatoms. The van der Waals surface area contributed by atoms with Gasteiger partial charge in [0.15, 0.2) is 0 Å². The fourth-order valence-electron chi connectivity index (χ4n) is 2.66. The Hall–Kier alpha value is -1.57. The monoisotopic (exact) mass is 260 g/mol. The molecule has 1 aromatic rings. The van der Waals surface area contributed by atoms with Crippen LogP contribution in [0.4, 0.5) is 0 Å². The van der Waals surface area contributed by atoms with E-state index in [0.717, 1.165) is 32.5 Å². The number of hydrogen-bond acceptors (Lipinski definition) is 4. The Morgan fingerprint density at radius 3 is 3.05 bits per heavy atom. The molecule has 1 saturated heterocycles. The molecule has 1 aliphatic rings. The highest BCUT2D eigenvalue weighted by atomic mass is 16.5. The van der Waals surface area contributed by atoms with Crippen LogP contribution < -0.4 is 4.74 Å². The molecule has 0 bridgehead atoms. The Bertz CT molecular complexity index is 468. The van der Waals surface area contributed by atoms with Gasteiger partial charge in [-0.3, -0.25) is 4.90 Å². The summed E-state index contributed by atoms with van der Waals surface area (Å²) in [5.74, 6) is 1.26. The van der Waals surface area contributed by atoms with E-state index < -0.39 is 0 Å². The average molecular weight is 260 g/mol. The molecule has 0 amide bonds. The first-order valence-electron chi connectivity index (χ1n) is 6.67. The van der Waals surface area contributed by atoms with Crippen LogP contribution in [0.3, 0.4) is 0 Å². The zero-order chi connectivity index (χ0) is 13.7. The van der Waals surface area contributed by atoms with Gasteiger partial charge in [0.05, 0.1) is 12.7 Å². The summed E-state index contributed by atoms with van der Waals surface area (Å²) < 4.78 is 5.23. The van der Waals surface area contributed by atoms with Crippen LogP contribution in [0.25, 0.3) is 0 Å². The minimum absolute atomic E-state index is 0.281. The molecule has 0 aromatic heterocycles. The predicted octanol–water partition coefficient (Wildman–Crippen LogP) is 1.77. The molecule has 1 unspecified atom stereocenters. The number of likely N-dealkylation sites (tertiary alicyclic amines) is 1. The highest BCUT2D eigenvalue weighted by molar-refractivity contribution is 5.45. The Labute approximate surface area is 114 Å². The molecule has 1 aromatic carbocycles. The van der Waals surface area contributed by atoms with E-state index in [9.17, 15) is 0 Å². The van der Waals surface area contributed by atoms with Crippen LogP contribution in [-0.2, 0) is 6.54 Å². The highest BCUT2D eigenvalue weighted by Gasteiger charge is 2.22. The van der Waals surface area contributed by atoms with Crippen molar-refractivity contribution < 1.29 is 9.84 Å². The van der Waals surface area contributed by atoms with Crippen LogP contribution in [0, 0.1) is 17.2 Å². The van der Waals surface area contributed by atoms with Crippen LogP contribution in [0.5, 0.6) is 5.75 Å².